The van der Waals surface area contributed by atoms with Crippen LogP contribution in [0.15, 0.2) is 23.2 Å². The van der Waals surface area contributed by atoms with Gasteiger partial charge in [0.2, 0.25) is 5.95 Å². The molecule has 0 radical (unpaired) electrons. The Morgan fingerprint density at radius 2 is 2.09 bits per heavy atom. The van der Waals surface area contributed by atoms with Crippen LogP contribution in [-0.4, -0.2) is 13.4 Å². The number of pyridine rings is 1. The second-order valence-electron chi connectivity index (χ2n) is 1.84. The average Bonchev–Trinajstić information content (AvgIpc) is 1.86. The molecular weight excluding hydrogens is 171 g/mol. The van der Waals surface area contributed by atoms with Crippen molar-refractivity contribution in [3.63, 3.8) is 0 Å². The average molecular weight is 176 g/mol. The lowest BCUT2D eigenvalue weighted by Crippen LogP contribution is -2.14. The predicted molar refractivity (Wildman–Crippen MR) is 35.6 cm³/mol. The third-order valence-electron chi connectivity index (χ3n) is 0.981. The van der Waals surface area contributed by atoms with E-state index in [2.05, 4.69) is 10.1 Å². The highest BCUT2D eigenvalue weighted by atomic mass is 32.2. The van der Waals surface area contributed by atoms with Crippen molar-refractivity contribution in [2.24, 2.45) is 5.14 Å². The van der Waals surface area contributed by atoms with Crippen LogP contribution in [0.5, 0.6) is 0 Å². The molecule has 4 nitrogen and oxygen atoms in total. The molecule has 0 unspecified atom stereocenters. The summed E-state index contributed by atoms with van der Waals surface area (Å²) in [6, 6.07) is 3.38. The third-order valence-corrected chi connectivity index (χ3v) is 1.79. The summed E-state index contributed by atoms with van der Waals surface area (Å²) in [5, 5.41) is 4.21. The van der Waals surface area contributed by atoms with Gasteiger partial charge in [-0.3, -0.25) is 0 Å². The third kappa shape index (κ3) is 1.95. The molecule has 2 N–H and O–H groups in total. The zero-order valence-corrected chi connectivity index (χ0v) is 6.18. The molecule has 0 bridgehead atoms. The summed E-state index contributed by atoms with van der Waals surface area (Å²) < 4.78 is 33.3. The van der Waals surface area contributed by atoms with Crippen molar-refractivity contribution in [3.8, 4) is 0 Å². The fourth-order valence-corrected chi connectivity index (χ4v) is 1.03. The van der Waals surface area contributed by atoms with Crippen LogP contribution < -0.4 is 5.14 Å². The smallest absolute Gasteiger partial charge is 0.223 e. The first-order valence-electron chi connectivity index (χ1n) is 2.65. The van der Waals surface area contributed by atoms with Crippen LogP contribution in [0.1, 0.15) is 0 Å². The topological polar surface area (TPSA) is 73.1 Å². The minimum Gasteiger partial charge on any atom is -0.223 e. The largest absolute Gasteiger partial charge is 0.255 e. The summed E-state index contributed by atoms with van der Waals surface area (Å²) in [5.41, 5.74) is 0. The quantitative estimate of drug-likeness (QED) is 0.605. The molecule has 0 atom stereocenters. The molecule has 6 heteroatoms. The first kappa shape index (κ1) is 8.09. The fourth-order valence-electron chi connectivity index (χ4n) is 0.548. The lowest BCUT2D eigenvalue weighted by Gasteiger charge is -1.94. The van der Waals surface area contributed by atoms with Crippen molar-refractivity contribution in [1.82, 2.24) is 4.98 Å². The number of nitrogens with two attached hydrogens (primary N) is 1. The van der Waals surface area contributed by atoms with Crippen LogP contribution >= 0.6 is 0 Å². The van der Waals surface area contributed by atoms with Gasteiger partial charge >= 0.3 is 0 Å². The number of primary sulfonamides is 1. The standard InChI is InChI=1S/C5H5FN2O2S/c6-4-2-1-3-5(8-4)11(7,9)10/h1-3H,(H2,7,9,10). The van der Waals surface area contributed by atoms with Gasteiger partial charge in [-0.05, 0) is 12.1 Å². The van der Waals surface area contributed by atoms with E-state index in [0.717, 1.165) is 12.1 Å². The number of hydrogen-bond acceptors (Lipinski definition) is 3. The van der Waals surface area contributed by atoms with E-state index in [0.29, 0.717) is 0 Å². The molecule has 1 heterocycles. The van der Waals surface area contributed by atoms with Crippen molar-refractivity contribution in [3.05, 3.63) is 24.1 Å². The van der Waals surface area contributed by atoms with Gasteiger partial charge in [-0.25, -0.2) is 18.5 Å². The van der Waals surface area contributed by atoms with Gasteiger partial charge in [0.05, 0.1) is 0 Å². The molecule has 0 saturated heterocycles. The molecule has 1 aromatic rings. The summed E-state index contributed by atoms with van der Waals surface area (Å²) in [4.78, 5) is 3.06. The molecule has 0 amide bonds. The SMILES string of the molecule is NS(=O)(=O)c1cccc(F)n1. The molecule has 1 aromatic heterocycles. The zero-order valence-electron chi connectivity index (χ0n) is 5.36. The van der Waals surface area contributed by atoms with E-state index in [-0.39, 0.29) is 0 Å². The highest BCUT2D eigenvalue weighted by molar-refractivity contribution is 7.89. The fraction of sp³-hybridized carbons (Fsp3) is 0. The van der Waals surface area contributed by atoms with E-state index in [1.807, 2.05) is 0 Å². The molecule has 11 heavy (non-hydrogen) atoms. The van der Waals surface area contributed by atoms with Crippen LogP contribution in [0, 0.1) is 5.95 Å². The van der Waals surface area contributed by atoms with E-state index in [4.69, 9.17) is 0 Å². The highest BCUT2D eigenvalue weighted by Gasteiger charge is 2.08. The van der Waals surface area contributed by atoms with Crippen molar-refractivity contribution in [2.75, 3.05) is 0 Å². The van der Waals surface area contributed by atoms with Gasteiger partial charge < -0.3 is 0 Å². The summed E-state index contributed by atoms with van der Waals surface area (Å²) in [7, 11) is -3.88. The Morgan fingerprint density at radius 1 is 1.45 bits per heavy atom. The molecule has 0 aliphatic carbocycles. The Balaban J connectivity index is 3.28. The lowest BCUT2D eigenvalue weighted by molar-refractivity contribution is 0.557. The number of halogens is 1. The van der Waals surface area contributed by atoms with Gasteiger partial charge in [0.1, 0.15) is 0 Å². The van der Waals surface area contributed by atoms with E-state index in [9.17, 15) is 12.8 Å². The molecule has 0 aliphatic rings. The number of rotatable bonds is 1. The van der Waals surface area contributed by atoms with Gasteiger partial charge in [-0.2, -0.15) is 4.39 Å². The molecule has 0 saturated carbocycles. The maximum absolute atomic E-state index is 12.3. The van der Waals surface area contributed by atoms with Crippen LogP contribution in [0.4, 0.5) is 4.39 Å². The Hall–Kier alpha value is -1.01. The van der Waals surface area contributed by atoms with Crippen molar-refractivity contribution >= 4 is 10.0 Å². The van der Waals surface area contributed by atoms with Gasteiger partial charge in [0, 0.05) is 0 Å². The van der Waals surface area contributed by atoms with Crippen LogP contribution in [0.2, 0.25) is 0 Å². The second kappa shape index (κ2) is 2.55. The minimum atomic E-state index is -3.88. The van der Waals surface area contributed by atoms with Crippen LogP contribution in [0.25, 0.3) is 0 Å². The predicted octanol–water partition coefficient (Wildman–Crippen LogP) is -0.132. The Morgan fingerprint density at radius 3 is 2.45 bits per heavy atom. The van der Waals surface area contributed by atoms with Crippen molar-refractivity contribution in [1.29, 1.82) is 0 Å². The van der Waals surface area contributed by atoms with E-state index in [1.54, 1.807) is 0 Å². The monoisotopic (exact) mass is 176 g/mol. The zero-order chi connectivity index (χ0) is 8.48. The Bertz CT molecular complexity index is 363. The molecule has 1 rings (SSSR count). The van der Waals surface area contributed by atoms with Gasteiger partial charge in [-0.1, -0.05) is 6.07 Å². The Labute approximate surface area is 62.9 Å². The Kier molecular flexibility index (Phi) is 1.88. The molecule has 0 aromatic carbocycles. The maximum atomic E-state index is 12.3. The lowest BCUT2D eigenvalue weighted by atomic mass is 10.5. The van der Waals surface area contributed by atoms with E-state index in [1.165, 1.54) is 6.07 Å². The number of aromatic nitrogens is 1. The molecule has 0 spiro atoms. The molecule has 0 fully saturated rings. The van der Waals surface area contributed by atoms with E-state index >= 15 is 0 Å². The second-order valence-corrected chi connectivity index (χ2v) is 3.35. The normalized spacial score (nSPS) is 11.5. The first-order chi connectivity index (χ1) is 5.00. The van der Waals surface area contributed by atoms with Crippen molar-refractivity contribution in [2.45, 2.75) is 5.03 Å². The van der Waals surface area contributed by atoms with Gasteiger partial charge in [-0.15, -0.1) is 0 Å². The summed E-state index contributed by atoms with van der Waals surface area (Å²) >= 11 is 0. The van der Waals surface area contributed by atoms with Crippen LogP contribution in [0.3, 0.4) is 0 Å². The van der Waals surface area contributed by atoms with Crippen LogP contribution in [-0.2, 0) is 10.0 Å². The molecular formula is C5H5FN2O2S. The maximum Gasteiger partial charge on any atom is 0.255 e. The summed E-state index contributed by atoms with van der Waals surface area (Å²) in [6.07, 6.45) is 0. The highest BCUT2D eigenvalue weighted by Crippen LogP contribution is 2.01. The summed E-state index contributed by atoms with van der Waals surface area (Å²) in [5.74, 6) is -0.864. The summed E-state index contributed by atoms with van der Waals surface area (Å²) in [6.45, 7) is 0. The first-order valence-corrected chi connectivity index (χ1v) is 4.20. The van der Waals surface area contributed by atoms with Crippen molar-refractivity contribution < 1.29 is 12.8 Å². The van der Waals surface area contributed by atoms with Gasteiger partial charge in [0.15, 0.2) is 5.03 Å². The van der Waals surface area contributed by atoms with Gasteiger partial charge in [0.25, 0.3) is 10.0 Å². The minimum absolute atomic E-state index is 0.461. The molecule has 60 valence electrons. The number of nitrogens with zero attached hydrogens (tertiary/aromatic N) is 1. The van der Waals surface area contributed by atoms with E-state index < -0.39 is 21.0 Å². The number of hydrogen-bond donors (Lipinski definition) is 1. The number of sulfonamides is 1. The molecule has 0 aliphatic heterocycles.